The molecule has 8 unspecified atom stereocenters. The van der Waals surface area contributed by atoms with Gasteiger partial charge in [-0.2, -0.15) is 11.8 Å². The molecule has 0 radical (unpaired) electrons. The summed E-state index contributed by atoms with van der Waals surface area (Å²) in [6.45, 7) is 0. The highest BCUT2D eigenvalue weighted by atomic mass is 32.2. The number of piperidine rings is 1. The van der Waals surface area contributed by atoms with Gasteiger partial charge in [0.1, 0.15) is 0 Å². The number of nitrogens with one attached hydrogen (secondary N) is 1. The maximum absolute atomic E-state index is 12.3. The highest BCUT2D eigenvalue weighted by molar-refractivity contribution is 8.00. The third-order valence-electron chi connectivity index (χ3n) is 7.44. The van der Waals surface area contributed by atoms with E-state index in [1.165, 1.54) is 38.5 Å². The number of rotatable bonds is 0. The fourth-order valence-electron chi connectivity index (χ4n) is 6.70. The summed E-state index contributed by atoms with van der Waals surface area (Å²) in [4.78, 5) is 24.7. The average Bonchev–Trinajstić information content (AvgIpc) is 2.54. The lowest BCUT2D eigenvalue weighted by atomic mass is 9.52. The predicted molar refractivity (Wildman–Crippen MR) is 86.2 cm³/mol. The Labute approximate surface area is 136 Å². The van der Waals surface area contributed by atoms with Gasteiger partial charge >= 0.3 is 0 Å². The van der Waals surface area contributed by atoms with Gasteiger partial charge in [0.15, 0.2) is 0 Å². The van der Waals surface area contributed by atoms with Crippen LogP contribution in [0.3, 0.4) is 0 Å². The van der Waals surface area contributed by atoms with E-state index >= 15 is 0 Å². The monoisotopic (exact) mass is 319 g/mol. The van der Waals surface area contributed by atoms with Crippen LogP contribution in [0.4, 0.5) is 0 Å². The van der Waals surface area contributed by atoms with Crippen LogP contribution in [-0.2, 0) is 9.59 Å². The summed E-state index contributed by atoms with van der Waals surface area (Å²) >= 11 is 2.25. The van der Waals surface area contributed by atoms with Crippen molar-refractivity contribution in [2.75, 3.05) is 0 Å². The molecule has 5 fully saturated rings. The molecule has 0 aromatic rings. The summed E-state index contributed by atoms with van der Waals surface area (Å²) in [6, 6.07) is 0. The van der Waals surface area contributed by atoms with Crippen molar-refractivity contribution in [3.05, 3.63) is 0 Å². The summed E-state index contributed by atoms with van der Waals surface area (Å²) in [7, 11) is 0. The minimum absolute atomic E-state index is 0.0427. The Morgan fingerprint density at radius 3 is 2.27 bits per heavy atom. The van der Waals surface area contributed by atoms with E-state index in [0.29, 0.717) is 11.8 Å². The van der Waals surface area contributed by atoms with Crippen LogP contribution in [0.25, 0.3) is 0 Å². The number of fused-ring (bicyclic) bond motifs is 2. The molecular formula is C18H25NO2S. The molecule has 5 aliphatic rings. The van der Waals surface area contributed by atoms with Crippen LogP contribution in [0, 0.1) is 35.5 Å². The van der Waals surface area contributed by atoms with Crippen LogP contribution in [0.1, 0.15) is 51.4 Å². The fourth-order valence-corrected chi connectivity index (χ4v) is 8.83. The van der Waals surface area contributed by atoms with E-state index in [2.05, 4.69) is 17.1 Å². The van der Waals surface area contributed by atoms with Crippen LogP contribution >= 0.6 is 11.8 Å². The number of carbonyl (C=O) groups excluding carboxylic acids is 2. The van der Waals surface area contributed by atoms with Gasteiger partial charge in [-0.3, -0.25) is 14.9 Å². The summed E-state index contributed by atoms with van der Waals surface area (Å²) in [5.41, 5.74) is 0. The van der Waals surface area contributed by atoms with Gasteiger partial charge in [0.05, 0.1) is 0 Å². The maximum Gasteiger partial charge on any atom is 0.229 e. The molecule has 2 aliphatic heterocycles. The Morgan fingerprint density at radius 1 is 0.727 bits per heavy atom. The molecule has 3 saturated carbocycles. The van der Waals surface area contributed by atoms with Crippen molar-refractivity contribution < 1.29 is 9.59 Å². The Bertz CT molecular complexity index is 505. The van der Waals surface area contributed by atoms with Gasteiger partial charge < -0.3 is 0 Å². The van der Waals surface area contributed by atoms with Crippen LogP contribution < -0.4 is 5.32 Å². The third kappa shape index (κ3) is 1.82. The van der Waals surface area contributed by atoms with Gasteiger partial charge in [0, 0.05) is 22.3 Å². The molecule has 4 heteroatoms. The first-order valence-corrected chi connectivity index (χ1v) is 10.2. The molecule has 2 saturated heterocycles. The lowest BCUT2D eigenvalue weighted by Gasteiger charge is -2.60. The molecule has 2 amide bonds. The van der Waals surface area contributed by atoms with Crippen LogP contribution in [0.15, 0.2) is 0 Å². The number of thioether (sulfide) groups is 1. The minimum Gasteiger partial charge on any atom is -0.296 e. The third-order valence-corrected chi connectivity index (χ3v) is 9.28. The van der Waals surface area contributed by atoms with Crippen LogP contribution in [0.2, 0.25) is 0 Å². The second kappa shape index (κ2) is 4.99. The molecule has 5 rings (SSSR count). The molecule has 0 spiro atoms. The number of hydrogen-bond acceptors (Lipinski definition) is 3. The Kier molecular flexibility index (Phi) is 3.15. The summed E-state index contributed by atoms with van der Waals surface area (Å²) in [6.07, 6.45) is 10.1. The van der Waals surface area contributed by atoms with E-state index < -0.39 is 0 Å². The van der Waals surface area contributed by atoms with E-state index in [9.17, 15) is 9.59 Å². The first-order chi connectivity index (χ1) is 10.7. The average molecular weight is 319 g/mol. The number of carbonyl (C=O) groups is 2. The zero-order valence-corrected chi connectivity index (χ0v) is 13.8. The lowest BCUT2D eigenvalue weighted by Crippen LogP contribution is -2.62. The van der Waals surface area contributed by atoms with Gasteiger partial charge in [-0.25, -0.2) is 0 Å². The van der Waals surface area contributed by atoms with Crippen LogP contribution in [0.5, 0.6) is 0 Å². The van der Waals surface area contributed by atoms with Crippen molar-refractivity contribution in [1.82, 2.24) is 5.32 Å². The molecule has 0 aromatic heterocycles. The predicted octanol–water partition coefficient (Wildman–Crippen LogP) is 2.99. The largest absolute Gasteiger partial charge is 0.296 e. The smallest absolute Gasteiger partial charge is 0.229 e. The van der Waals surface area contributed by atoms with Crippen molar-refractivity contribution in [3.63, 3.8) is 0 Å². The SMILES string of the molecule is O=C1NC(=O)C2CCC3C4CCCCC4SC4CCC1C2C43. The quantitative estimate of drug-likeness (QED) is 0.698. The van der Waals surface area contributed by atoms with Gasteiger partial charge in [-0.05, 0) is 62.2 Å². The lowest BCUT2D eigenvalue weighted by molar-refractivity contribution is -0.153. The first kappa shape index (κ1) is 13.9. The highest BCUT2D eigenvalue weighted by Gasteiger charge is 2.59. The summed E-state index contributed by atoms with van der Waals surface area (Å²) < 4.78 is 0. The standard InChI is InChI=1S/C18H25NO2S/c20-17-11-6-5-10-9-3-1-2-4-13(9)22-14-8-7-12(18(21)19-17)15(11)16(10)14/h9-16H,1-8H2,(H,19,20,21). The van der Waals surface area contributed by atoms with Crippen molar-refractivity contribution in [1.29, 1.82) is 0 Å². The first-order valence-electron chi connectivity index (χ1n) is 9.24. The van der Waals surface area contributed by atoms with E-state index in [-0.39, 0.29) is 23.7 Å². The Morgan fingerprint density at radius 2 is 1.45 bits per heavy atom. The zero-order valence-electron chi connectivity index (χ0n) is 13.0. The van der Waals surface area contributed by atoms with E-state index in [1.54, 1.807) is 0 Å². The van der Waals surface area contributed by atoms with Crippen molar-refractivity contribution in [2.45, 2.75) is 61.9 Å². The molecule has 8 atom stereocenters. The summed E-state index contributed by atoms with van der Waals surface area (Å²) in [5, 5.41) is 4.28. The number of imide groups is 1. The fraction of sp³-hybridized carbons (Fsp3) is 0.889. The molecule has 3 aliphatic carbocycles. The van der Waals surface area contributed by atoms with Gasteiger partial charge in [0.25, 0.3) is 0 Å². The number of hydrogen-bond donors (Lipinski definition) is 1. The zero-order chi connectivity index (χ0) is 14.8. The molecule has 120 valence electrons. The molecule has 0 aromatic carbocycles. The van der Waals surface area contributed by atoms with Gasteiger partial charge in [-0.1, -0.05) is 12.8 Å². The van der Waals surface area contributed by atoms with E-state index in [1.807, 2.05) is 0 Å². The summed E-state index contributed by atoms with van der Waals surface area (Å²) in [5.74, 6) is 3.05. The normalized spacial score (nSPS) is 53.3. The highest BCUT2D eigenvalue weighted by Crippen LogP contribution is 2.62. The molecule has 22 heavy (non-hydrogen) atoms. The van der Waals surface area contributed by atoms with Crippen molar-refractivity contribution in [2.24, 2.45) is 35.5 Å². The van der Waals surface area contributed by atoms with E-state index in [0.717, 1.165) is 35.2 Å². The maximum atomic E-state index is 12.3. The molecule has 2 heterocycles. The Hall–Kier alpha value is -0.510. The minimum atomic E-state index is 0.0427. The Balaban J connectivity index is 1.52. The van der Waals surface area contributed by atoms with Crippen LogP contribution in [-0.4, -0.2) is 22.3 Å². The van der Waals surface area contributed by atoms with Crippen molar-refractivity contribution >= 4 is 23.6 Å². The van der Waals surface area contributed by atoms with Gasteiger partial charge in [0.2, 0.25) is 11.8 Å². The van der Waals surface area contributed by atoms with Gasteiger partial charge in [-0.15, -0.1) is 0 Å². The van der Waals surface area contributed by atoms with Crippen molar-refractivity contribution in [3.8, 4) is 0 Å². The number of amides is 2. The van der Waals surface area contributed by atoms with E-state index in [4.69, 9.17) is 0 Å². The molecular weight excluding hydrogens is 294 g/mol. The topological polar surface area (TPSA) is 46.2 Å². The second-order valence-electron chi connectivity index (χ2n) is 8.20. The molecule has 1 N–H and O–H groups in total. The second-order valence-corrected chi connectivity index (χ2v) is 9.68. The molecule has 0 bridgehead atoms. The molecule has 3 nitrogen and oxygen atoms in total.